The van der Waals surface area contributed by atoms with Gasteiger partial charge in [0.25, 0.3) is 23.6 Å². The highest BCUT2D eigenvalue weighted by molar-refractivity contribution is 6.09. The number of hydrogen-bond donors (Lipinski definition) is 11. The molecule has 0 saturated carbocycles. The first-order valence-corrected chi connectivity index (χ1v) is 36.3. The third-order valence-electron chi connectivity index (χ3n) is 19.4. The second-order valence-corrected chi connectivity index (χ2v) is 27.8. The number of nitrogens with two attached hydrogens (primary N) is 1. The Labute approximate surface area is 662 Å². The third kappa shape index (κ3) is 16.7. The Balaban J connectivity index is 0.000000128. The minimum Gasteiger partial charge on any atom is -0.394 e. The SMILES string of the molecule is C.CC1(C)OC2[C@@H](CN=[N+]=[N-])O[C@@H](n3cnc4c(NC(=O)c5ccccc5)ncnc43)[C@H]2O1.CC1(C)OC2[C@@H](CO)O[C@@H](n3cnc4c(NC(=O)c5ccccc5)ncnc43)[C@H]2O1.NC[C@H]1O[C@@H](n2cnc3c(NC(=O)c4ccccc4)ncnc32)[C@@H](O)C1O.O=C(Nc1ncnc2c1ncn2[C@@H]1O[C@H](CO)C(O)[C@@H]1O)c1ccccc1. The number of carbonyl (C=O) groups excluding carboxylic acids is 4. The molecule has 12 N–H and O–H groups in total. The molecular weight excluding hydrogens is 1520 g/mol. The van der Waals surface area contributed by atoms with E-state index in [2.05, 4.69) is 91.1 Å². The molecule has 8 aromatic heterocycles. The first-order valence-electron chi connectivity index (χ1n) is 36.3. The fourth-order valence-electron chi connectivity index (χ4n) is 14.0. The van der Waals surface area contributed by atoms with Gasteiger partial charge in [0.15, 0.2) is 104 Å². The number of rotatable bonds is 17. The first kappa shape index (κ1) is 81.2. The van der Waals surface area contributed by atoms with E-state index in [1.54, 1.807) is 119 Å². The van der Waals surface area contributed by atoms with E-state index in [1.165, 1.54) is 47.1 Å². The van der Waals surface area contributed by atoms with Crippen molar-refractivity contribution in [3.05, 3.63) is 205 Å². The van der Waals surface area contributed by atoms with Crippen molar-refractivity contribution < 1.29 is 87.7 Å². The predicted octanol–water partition coefficient (Wildman–Crippen LogP) is 4.28. The molecule has 608 valence electrons. The topological polar surface area (TPSA) is 561 Å². The number of aliphatic hydroxyl groups is 6. The van der Waals surface area contributed by atoms with Crippen molar-refractivity contribution in [2.75, 3.05) is 47.6 Å². The fourth-order valence-corrected chi connectivity index (χ4v) is 14.0. The van der Waals surface area contributed by atoms with Crippen LogP contribution in [0.25, 0.3) is 55.1 Å². The Hall–Kier alpha value is -12.3. The predicted molar refractivity (Wildman–Crippen MR) is 410 cm³/mol. The molecule has 16 atom stereocenters. The van der Waals surface area contributed by atoms with Crippen LogP contribution in [0.5, 0.6) is 0 Å². The van der Waals surface area contributed by atoms with Gasteiger partial charge in [0.2, 0.25) is 0 Å². The zero-order valence-electron chi connectivity index (χ0n) is 61.9. The first-order chi connectivity index (χ1) is 56.1. The van der Waals surface area contributed by atoms with E-state index in [9.17, 15) is 49.8 Å². The number of aromatic nitrogens is 16. The molecule has 4 aromatic carbocycles. The molecule has 12 aromatic rings. The average Bonchev–Trinajstić information content (AvgIpc) is 1.60. The Kier molecular flexibility index (Phi) is 24.0. The number of aliphatic hydroxyl groups excluding tert-OH is 6. The summed E-state index contributed by atoms with van der Waals surface area (Å²) in [5.74, 6) is -1.86. The summed E-state index contributed by atoms with van der Waals surface area (Å²) in [7, 11) is 0. The highest BCUT2D eigenvalue weighted by Gasteiger charge is 2.58. The van der Waals surface area contributed by atoms with Gasteiger partial charge in [0.05, 0.1) is 51.2 Å². The van der Waals surface area contributed by atoms with Crippen LogP contribution in [0, 0.1) is 0 Å². The van der Waals surface area contributed by atoms with Crippen LogP contribution < -0.4 is 27.0 Å². The maximum Gasteiger partial charge on any atom is 0.256 e. The highest BCUT2D eigenvalue weighted by atomic mass is 16.8. The largest absolute Gasteiger partial charge is 0.394 e. The molecule has 42 nitrogen and oxygen atoms in total. The minimum absolute atomic E-state index is 0. The number of hydrogen-bond acceptors (Lipinski definition) is 32. The molecule has 6 aliphatic heterocycles. The molecule has 18 rings (SSSR count). The number of anilines is 4. The lowest BCUT2D eigenvalue weighted by Crippen LogP contribution is -2.35. The van der Waals surface area contributed by atoms with Crippen molar-refractivity contribution in [3.63, 3.8) is 0 Å². The molecular formula is C75H80N24O18. The molecule has 6 aliphatic rings. The summed E-state index contributed by atoms with van der Waals surface area (Å²) >= 11 is 0. The van der Waals surface area contributed by atoms with E-state index < -0.39 is 116 Å². The van der Waals surface area contributed by atoms with Gasteiger partial charge in [-0.15, -0.1) is 0 Å². The van der Waals surface area contributed by atoms with Crippen LogP contribution in [0.15, 0.2) is 177 Å². The van der Waals surface area contributed by atoms with Crippen LogP contribution in [0.2, 0.25) is 0 Å². The number of carbonyl (C=O) groups is 4. The summed E-state index contributed by atoms with van der Waals surface area (Å²) in [6.07, 6.45) is -1.10. The smallest absolute Gasteiger partial charge is 0.256 e. The van der Waals surface area contributed by atoms with Gasteiger partial charge >= 0.3 is 0 Å². The van der Waals surface area contributed by atoms with E-state index in [1.807, 2.05) is 52.0 Å². The van der Waals surface area contributed by atoms with Crippen molar-refractivity contribution in [2.24, 2.45) is 10.8 Å². The maximum absolute atomic E-state index is 12.6. The third-order valence-corrected chi connectivity index (χ3v) is 19.4. The fraction of sp³-hybridized carbons (Fsp3) is 0.360. The van der Waals surface area contributed by atoms with Crippen molar-refractivity contribution in [2.45, 2.75) is 145 Å². The maximum atomic E-state index is 12.6. The van der Waals surface area contributed by atoms with Gasteiger partial charge < -0.3 is 95.5 Å². The van der Waals surface area contributed by atoms with Crippen molar-refractivity contribution >= 4 is 91.6 Å². The van der Waals surface area contributed by atoms with Gasteiger partial charge in [-0.05, 0) is 81.8 Å². The highest BCUT2D eigenvalue weighted by Crippen LogP contribution is 2.46. The van der Waals surface area contributed by atoms with Gasteiger partial charge in [0, 0.05) is 33.7 Å². The molecule has 6 fully saturated rings. The van der Waals surface area contributed by atoms with Gasteiger partial charge in [-0.1, -0.05) is 85.3 Å². The number of imidazole rings is 4. The monoisotopic (exact) mass is 1600 g/mol. The number of nitrogens with one attached hydrogen (secondary N) is 4. The summed E-state index contributed by atoms with van der Waals surface area (Å²) in [4.78, 5) is 103. The summed E-state index contributed by atoms with van der Waals surface area (Å²) < 4.78 is 53.6. The lowest BCUT2D eigenvalue weighted by atomic mass is 10.1. The van der Waals surface area contributed by atoms with Crippen LogP contribution in [0.1, 0.15) is 101 Å². The van der Waals surface area contributed by atoms with E-state index in [0.717, 1.165) is 0 Å². The molecule has 0 aliphatic carbocycles. The zero-order valence-corrected chi connectivity index (χ0v) is 61.9. The van der Waals surface area contributed by atoms with E-state index >= 15 is 0 Å². The van der Waals surface area contributed by atoms with Crippen LogP contribution in [-0.2, 0) is 37.9 Å². The molecule has 6 saturated heterocycles. The van der Waals surface area contributed by atoms with Crippen LogP contribution in [0.3, 0.4) is 0 Å². The van der Waals surface area contributed by atoms with E-state index in [0.29, 0.717) is 72.7 Å². The second-order valence-electron chi connectivity index (χ2n) is 27.8. The number of ether oxygens (including phenoxy) is 8. The normalized spacial score (nSPS) is 25.6. The van der Waals surface area contributed by atoms with Crippen LogP contribution in [0.4, 0.5) is 23.3 Å². The van der Waals surface area contributed by atoms with Gasteiger partial charge in [0.1, 0.15) is 92.5 Å². The number of nitrogens with zero attached hydrogens (tertiary/aromatic N) is 19. The van der Waals surface area contributed by atoms with Crippen LogP contribution in [-0.4, -0.2) is 243 Å². The Morgan fingerprint density at radius 1 is 0.410 bits per heavy atom. The van der Waals surface area contributed by atoms with Crippen molar-refractivity contribution in [3.8, 4) is 0 Å². The van der Waals surface area contributed by atoms with E-state index in [-0.39, 0.29) is 68.2 Å². The summed E-state index contributed by atoms with van der Waals surface area (Å²) in [6.45, 7) is 6.81. The molecule has 117 heavy (non-hydrogen) atoms. The summed E-state index contributed by atoms with van der Waals surface area (Å²) in [6, 6.07) is 35.0. The molecule has 0 spiro atoms. The number of azide groups is 1. The molecule has 4 unspecified atom stereocenters. The minimum atomic E-state index is -1.27. The number of benzene rings is 4. The lowest BCUT2D eigenvalue weighted by molar-refractivity contribution is -0.199. The summed E-state index contributed by atoms with van der Waals surface area (Å²) in [5, 5.41) is 74.0. The second kappa shape index (κ2) is 34.6. The van der Waals surface area contributed by atoms with E-state index in [4.69, 9.17) is 49.2 Å². The lowest BCUT2D eigenvalue weighted by Gasteiger charge is -2.24. The number of amides is 4. The van der Waals surface area contributed by atoms with Crippen LogP contribution >= 0.6 is 0 Å². The molecule has 14 heterocycles. The molecule has 0 bridgehead atoms. The Bertz CT molecular complexity index is 5410. The summed E-state index contributed by atoms with van der Waals surface area (Å²) in [5.41, 5.74) is 19.3. The average molecular weight is 1610 g/mol. The van der Waals surface area contributed by atoms with Crippen molar-refractivity contribution in [1.29, 1.82) is 0 Å². The Morgan fingerprint density at radius 3 is 0.991 bits per heavy atom. The van der Waals surface area contributed by atoms with Gasteiger partial charge in [-0.2, -0.15) is 0 Å². The van der Waals surface area contributed by atoms with Gasteiger partial charge in [-0.25, -0.2) is 59.8 Å². The molecule has 0 radical (unpaired) electrons. The standard InChI is InChI=1S/C20H20N8O4.C20H21N5O5.C17H18N6O4.C17H17N5O5.CH4/c1-20(2)31-14-12(8-25-27-21)30-19(15(14)32-20)28-10-24-13-16(22-9-23-17(13)28)26-18(29)11-6-4-3-5-7-11;1-20(2)29-14-12(8-26)28-19(15(14)30-20)25-10-23-13-16(21-9-22-17(13)25)24-18(27)11-6-4-3-5-7-11;18-6-10-12(24)13(25)17(27-10)23-8-21-11-14(19-7-20-15(11)23)22-16(26)9-4-2-1-3-5-9;23-6-10-12(24)13(25)17(27-10)22-8-20-11-14(18-7-19-15(11)22)21-16(26)9-4-2-1-3-5-9;/h3-7,9-10,12,14-15,19H,8H2,1-2H3,(H,22,23,26,29);3-7,9-10,12,14-15,19,26H,8H2,1-2H3,(H,21,22,24,27);1-5,7-8,10,12-13,17,24-25H,6,18H2,(H,19,20,22,26);1-5,7-8,10,12-13,17,23-25H,6H2,(H,18,19,21,26);1H4/t2*12-,14?,15+,19-;2*10-,12?,13+,17-;/m1111./s1. The quantitative estimate of drug-likeness (QED) is 0.0344. The molecule has 42 heteroatoms. The van der Waals surface area contributed by atoms with Gasteiger partial charge in [-0.3, -0.25) is 37.4 Å². The van der Waals surface area contributed by atoms with Crippen molar-refractivity contribution in [1.82, 2.24) is 78.1 Å². The molecule has 4 amide bonds. The Morgan fingerprint density at radius 2 is 0.692 bits per heavy atom. The number of fused-ring (bicyclic) bond motifs is 6. The zero-order chi connectivity index (χ0) is 81.1.